The molecule has 4 rings (SSSR count). The summed E-state index contributed by atoms with van der Waals surface area (Å²) in [6.45, 7) is 3.61. The SMILES string of the molecule is Cc1cc(C)cc(NC(=O)CN2C(=O)NC3(CCc4ccccc4C3)C2=O)c1. The van der Waals surface area contributed by atoms with Gasteiger partial charge in [0.05, 0.1) is 0 Å². The molecular formula is C22H23N3O3. The Labute approximate surface area is 163 Å². The quantitative estimate of drug-likeness (QED) is 0.808. The molecule has 6 nitrogen and oxygen atoms in total. The molecule has 1 fully saturated rings. The summed E-state index contributed by atoms with van der Waals surface area (Å²) in [7, 11) is 0. The van der Waals surface area contributed by atoms with Crippen molar-refractivity contribution >= 4 is 23.5 Å². The molecule has 2 N–H and O–H groups in total. The van der Waals surface area contributed by atoms with Gasteiger partial charge in [-0.3, -0.25) is 14.5 Å². The maximum absolute atomic E-state index is 13.1. The Kier molecular flexibility index (Phi) is 4.41. The van der Waals surface area contributed by atoms with Crippen LogP contribution in [0, 0.1) is 13.8 Å². The van der Waals surface area contributed by atoms with Gasteiger partial charge in [-0.1, -0.05) is 30.3 Å². The van der Waals surface area contributed by atoms with Crippen LogP contribution in [0.5, 0.6) is 0 Å². The van der Waals surface area contributed by atoms with Crippen molar-refractivity contribution < 1.29 is 14.4 Å². The first-order valence-electron chi connectivity index (χ1n) is 9.45. The fourth-order valence-corrected chi connectivity index (χ4v) is 4.24. The molecule has 1 saturated heterocycles. The molecule has 2 aromatic carbocycles. The predicted molar refractivity (Wildman–Crippen MR) is 106 cm³/mol. The monoisotopic (exact) mass is 377 g/mol. The summed E-state index contributed by atoms with van der Waals surface area (Å²) < 4.78 is 0. The van der Waals surface area contributed by atoms with Crippen LogP contribution in [0.1, 0.15) is 28.7 Å². The number of nitrogens with one attached hydrogen (secondary N) is 2. The Balaban J connectivity index is 1.48. The van der Waals surface area contributed by atoms with E-state index in [0.29, 0.717) is 18.5 Å². The van der Waals surface area contributed by atoms with Crippen molar-refractivity contribution in [2.45, 2.75) is 38.6 Å². The number of carbonyl (C=O) groups is 3. The summed E-state index contributed by atoms with van der Waals surface area (Å²) in [5.41, 5.74) is 4.07. The Morgan fingerprint density at radius 1 is 1.11 bits per heavy atom. The van der Waals surface area contributed by atoms with Crippen LogP contribution in [0.3, 0.4) is 0 Å². The molecule has 2 aromatic rings. The highest BCUT2D eigenvalue weighted by Gasteiger charge is 2.52. The van der Waals surface area contributed by atoms with Crippen LogP contribution in [-0.4, -0.2) is 34.8 Å². The minimum Gasteiger partial charge on any atom is -0.325 e. The number of aryl methyl sites for hydroxylation is 3. The van der Waals surface area contributed by atoms with Gasteiger partial charge in [0.1, 0.15) is 12.1 Å². The van der Waals surface area contributed by atoms with E-state index in [1.165, 1.54) is 5.56 Å². The number of fused-ring (bicyclic) bond motifs is 1. The maximum Gasteiger partial charge on any atom is 0.325 e. The number of imide groups is 1. The molecule has 1 atom stereocenters. The number of anilines is 1. The van der Waals surface area contributed by atoms with Crippen molar-refractivity contribution in [1.82, 2.24) is 10.2 Å². The first kappa shape index (κ1) is 18.2. The number of urea groups is 1. The fourth-order valence-electron chi connectivity index (χ4n) is 4.24. The van der Waals surface area contributed by atoms with Gasteiger partial charge >= 0.3 is 6.03 Å². The Hall–Kier alpha value is -3.15. The van der Waals surface area contributed by atoms with Gasteiger partial charge in [0.2, 0.25) is 5.91 Å². The zero-order chi connectivity index (χ0) is 19.9. The van der Waals surface area contributed by atoms with E-state index < -0.39 is 11.6 Å². The lowest BCUT2D eigenvalue weighted by molar-refractivity contribution is -0.134. The molecule has 28 heavy (non-hydrogen) atoms. The van der Waals surface area contributed by atoms with Crippen LogP contribution in [0.4, 0.5) is 10.5 Å². The van der Waals surface area contributed by atoms with Crippen LogP contribution in [0.2, 0.25) is 0 Å². The van der Waals surface area contributed by atoms with Crippen molar-refractivity contribution in [3.05, 3.63) is 64.7 Å². The smallest absolute Gasteiger partial charge is 0.325 e. The lowest BCUT2D eigenvalue weighted by Crippen LogP contribution is -2.51. The van der Waals surface area contributed by atoms with Crippen LogP contribution >= 0.6 is 0 Å². The minimum atomic E-state index is -0.939. The number of amides is 4. The van der Waals surface area contributed by atoms with Gasteiger partial charge in [0.25, 0.3) is 5.91 Å². The second kappa shape index (κ2) is 6.78. The lowest BCUT2D eigenvalue weighted by Gasteiger charge is -2.32. The largest absolute Gasteiger partial charge is 0.325 e. The van der Waals surface area contributed by atoms with Gasteiger partial charge < -0.3 is 10.6 Å². The Bertz CT molecular complexity index is 964. The van der Waals surface area contributed by atoms with E-state index in [1.54, 1.807) is 0 Å². The van der Waals surface area contributed by atoms with Crippen LogP contribution in [0.25, 0.3) is 0 Å². The average Bonchev–Trinajstić information content (AvgIpc) is 2.85. The topological polar surface area (TPSA) is 78.5 Å². The van der Waals surface area contributed by atoms with Crippen LogP contribution in [0.15, 0.2) is 42.5 Å². The summed E-state index contributed by atoms with van der Waals surface area (Å²) in [4.78, 5) is 39.0. The van der Waals surface area contributed by atoms with Gasteiger partial charge in [-0.05, 0) is 61.1 Å². The standard InChI is InChI=1S/C22H23N3O3/c1-14-9-15(2)11-18(10-14)23-19(26)13-25-20(27)22(24-21(25)28)8-7-16-5-3-4-6-17(16)12-22/h3-6,9-11H,7-8,12-13H2,1-2H3,(H,23,26)(H,24,28). The van der Waals surface area contributed by atoms with Crippen molar-refractivity contribution in [2.75, 3.05) is 11.9 Å². The molecule has 1 unspecified atom stereocenters. The number of hydrogen-bond acceptors (Lipinski definition) is 3. The molecule has 4 amide bonds. The molecular weight excluding hydrogens is 354 g/mol. The molecule has 2 aliphatic rings. The lowest BCUT2D eigenvalue weighted by atomic mass is 9.78. The normalized spacial score (nSPS) is 20.9. The van der Waals surface area contributed by atoms with E-state index in [0.717, 1.165) is 28.0 Å². The highest BCUT2D eigenvalue weighted by Crippen LogP contribution is 2.33. The van der Waals surface area contributed by atoms with Crippen molar-refractivity contribution in [3.63, 3.8) is 0 Å². The van der Waals surface area contributed by atoms with Crippen molar-refractivity contribution in [1.29, 1.82) is 0 Å². The molecule has 0 aromatic heterocycles. The predicted octanol–water partition coefficient (Wildman–Crippen LogP) is 2.72. The molecule has 6 heteroatoms. The number of benzene rings is 2. The van der Waals surface area contributed by atoms with Gasteiger partial charge in [-0.15, -0.1) is 0 Å². The Morgan fingerprint density at radius 3 is 2.50 bits per heavy atom. The zero-order valence-corrected chi connectivity index (χ0v) is 16.0. The van der Waals surface area contributed by atoms with E-state index >= 15 is 0 Å². The number of hydrogen-bond donors (Lipinski definition) is 2. The van der Waals surface area contributed by atoms with Gasteiger partial charge in [0, 0.05) is 12.1 Å². The Morgan fingerprint density at radius 2 is 1.79 bits per heavy atom. The summed E-state index contributed by atoms with van der Waals surface area (Å²) in [5.74, 6) is -0.704. The van der Waals surface area contributed by atoms with Gasteiger partial charge in [-0.2, -0.15) is 0 Å². The third-order valence-corrected chi connectivity index (χ3v) is 5.48. The van der Waals surface area contributed by atoms with Gasteiger partial charge in [0.15, 0.2) is 0 Å². The fraction of sp³-hybridized carbons (Fsp3) is 0.318. The molecule has 1 aliphatic carbocycles. The number of rotatable bonds is 3. The molecule has 0 bridgehead atoms. The molecule has 1 spiro atoms. The highest BCUT2D eigenvalue weighted by atomic mass is 16.2. The van der Waals surface area contributed by atoms with E-state index in [4.69, 9.17) is 0 Å². The van der Waals surface area contributed by atoms with Crippen molar-refractivity contribution in [2.24, 2.45) is 0 Å². The summed E-state index contributed by atoms with van der Waals surface area (Å²) in [6.07, 6.45) is 1.73. The summed E-state index contributed by atoms with van der Waals surface area (Å²) >= 11 is 0. The summed E-state index contributed by atoms with van der Waals surface area (Å²) in [5, 5.41) is 5.64. The number of nitrogens with zero attached hydrogens (tertiary/aromatic N) is 1. The van der Waals surface area contributed by atoms with E-state index in [1.807, 2.05) is 50.2 Å². The highest BCUT2D eigenvalue weighted by molar-refractivity contribution is 6.10. The maximum atomic E-state index is 13.1. The molecule has 1 heterocycles. The first-order chi connectivity index (χ1) is 13.4. The molecule has 0 saturated carbocycles. The third-order valence-electron chi connectivity index (χ3n) is 5.48. The zero-order valence-electron chi connectivity index (χ0n) is 16.0. The van der Waals surface area contributed by atoms with Gasteiger partial charge in [-0.25, -0.2) is 4.79 Å². The summed E-state index contributed by atoms with van der Waals surface area (Å²) in [6, 6.07) is 13.2. The van der Waals surface area contributed by atoms with E-state index in [2.05, 4.69) is 16.7 Å². The van der Waals surface area contributed by atoms with E-state index in [9.17, 15) is 14.4 Å². The number of carbonyl (C=O) groups excluding carboxylic acids is 3. The first-order valence-corrected chi connectivity index (χ1v) is 9.45. The van der Waals surface area contributed by atoms with Crippen LogP contribution in [-0.2, 0) is 22.4 Å². The molecule has 0 radical (unpaired) electrons. The van der Waals surface area contributed by atoms with Crippen LogP contribution < -0.4 is 10.6 Å². The second-order valence-electron chi connectivity index (χ2n) is 7.77. The minimum absolute atomic E-state index is 0.291. The van der Waals surface area contributed by atoms with Crippen molar-refractivity contribution in [3.8, 4) is 0 Å². The second-order valence-corrected chi connectivity index (χ2v) is 7.77. The third kappa shape index (κ3) is 3.26. The molecule has 1 aliphatic heterocycles. The van der Waals surface area contributed by atoms with E-state index in [-0.39, 0.29) is 18.4 Å². The molecule has 144 valence electrons. The average molecular weight is 377 g/mol.